The maximum atomic E-state index is 12.2. The van der Waals surface area contributed by atoms with E-state index in [2.05, 4.69) is 20.3 Å². The molecule has 0 saturated heterocycles. The predicted octanol–water partition coefficient (Wildman–Crippen LogP) is 0.990. The van der Waals surface area contributed by atoms with Crippen LogP contribution in [0.15, 0.2) is 35.5 Å². The fourth-order valence-electron chi connectivity index (χ4n) is 2.77. The van der Waals surface area contributed by atoms with Gasteiger partial charge in [0.2, 0.25) is 5.88 Å². The van der Waals surface area contributed by atoms with E-state index in [4.69, 9.17) is 4.74 Å². The second-order valence-corrected chi connectivity index (χ2v) is 5.73. The van der Waals surface area contributed by atoms with Crippen molar-refractivity contribution in [1.29, 1.82) is 0 Å². The zero-order chi connectivity index (χ0) is 16.9. The number of pyridine rings is 1. The molecule has 1 aliphatic rings. The van der Waals surface area contributed by atoms with Crippen LogP contribution in [-0.2, 0) is 0 Å². The number of nitrogens with zero attached hydrogens (tertiary/aromatic N) is 2. The van der Waals surface area contributed by atoms with Crippen molar-refractivity contribution in [1.82, 2.24) is 20.3 Å². The summed E-state index contributed by atoms with van der Waals surface area (Å²) in [6.07, 6.45) is 7.93. The van der Waals surface area contributed by atoms with E-state index in [9.17, 15) is 14.7 Å². The van der Waals surface area contributed by atoms with Crippen molar-refractivity contribution in [2.24, 2.45) is 0 Å². The summed E-state index contributed by atoms with van der Waals surface area (Å²) in [5, 5.41) is 12.2. The van der Waals surface area contributed by atoms with Gasteiger partial charge in [-0.2, -0.15) is 0 Å². The van der Waals surface area contributed by atoms with Gasteiger partial charge in [-0.05, 0) is 25.7 Å². The maximum absolute atomic E-state index is 12.2. The number of carbonyl (C=O) groups is 1. The minimum atomic E-state index is -0.513. The number of nitrogens with one attached hydrogen (secondary N) is 2. The molecule has 126 valence electrons. The van der Waals surface area contributed by atoms with Crippen LogP contribution in [-0.4, -0.2) is 38.1 Å². The molecule has 24 heavy (non-hydrogen) atoms. The number of rotatable bonds is 4. The van der Waals surface area contributed by atoms with Crippen LogP contribution in [0, 0.1) is 0 Å². The van der Waals surface area contributed by atoms with Crippen LogP contribution >= 0.6 is 0 Å². The second-order valence-electron chi connectivity index (χ2n) is 5.73. The molecule has 1 saturated carbocycles. The van der Waals surface area contributed by atoms with Crippen molar-refractivity contribution in [3.63, 3.8) is 0 Å². The minimum Gasteiger partial charge on any atom is -0.494 e. The summed E-state index contributed by atoms with van der Waals surface area (Å²) in [6, 6.07) is 2.41. The summed E-state index contributed by atoms with van der Waals surface area (Å²) in [6.45, 7) is 0. The molecular formula is C16H18N4O4. The number of amides is 1. The van der Waals surface area contributed by atoms with Gasteiger partial charge in [0, 0.05) is 30.6 Å². The Morgan fingerprint density at radius 3 is 2.71 bits per heavy atom. The lowest BCUT2D eigenvalue weighted by atomic mass is 9.92. The molecule has 1 amide bonds. The largest absolute Gasteiger partial charge is 0.494 e. The summed E-state index contributed by atoms with van der Waals surface area (Å²) < 4.78 is 5.76. The summed E-state index contributed by atoms with van der Waals surface area (Å²) in [4.78, 5) is 33.7. The van der Waals surface area contributed by atoms with Gasteiger partial charge < -0.3 is 15.2 Å². The van der Waals surface area contributed by atoms with Crippen molar-refractivity contribution in [2.75, 3.05) is 0 Å². The average Bonchev–Trinajstić information content (AvgIpc) is 2.57. The average molecular weight is 330 g/mol. The first-order valence-electron chi connectivity index (χ1n) is 7.77. The van der Waals surface area contributed by atoms with Crippen LogP contribution in [0.3, 0.4) is 0 Å². The molecule has 2 heterocycles. The molecule has 8 nitrogen and oxygen atoms in total. The number of hydrogen-bond donors (Lipinski definition) is 3. The smallest absolute Gasteiger partial charge is 0.251 e. The molecule has 0 aromatic carbocycles. The van der Waals surface area contributed by atoms with E-state index < -0.39 is 5.56 Å². The molecule has 3 N–H and O–H groups in total. The van der Waals surface area contributed by atoms with Gasteiger partial charge in [-0.25, -0.2) is 4.98 Å². The van der Waals surface area contributed by atoms with Crippen molar-refractivity contribution >= 4 is 5.91 Å². The monoisotopic (exact) mass is 330 g/mol. The fraction of sp³-hybridized carbons (Fsp3) is 0.375. The van der Waals surface area contributed by atoms with E-state index in [1.165, 1.54) is 6.07 Å². The van der Waals surface area contributed by atoms with Crippen molar-refractivity contribution in [3.05, 3.63) is 46.6 Å². The van der Waals surface area contributed by atoms with Crippen LogP contribution in [0.1, 0.15) is 36.0 Å². The highest BCUT2D eigenvalue weighted by atomic mass is 16.5. The molecule has 0 unspecified atom stereocenters. The van der Waals surface area contributed by atoms with Crippen LogP contribution in [0.5, 0.6) is 11.8 Å². The van der Waals surface area contributed by atoms with Gasteiger partial charge in [0.15, 0.2) is 5.88 Å². The number of aromatic amines is 1. The second kappa shape index (κ2) is 7.12. The normalized spacial score (nSPS) is 20.3. The molecule has 0 spiro atoms. The molecule has 0 radical (unpaired) electrons. The topological polar surface area (TPSA) is 117 Å². The van der Waals surface area contributed by atoms with Crippen LogP contribution in [0.25, 0.3) is 0 Å². The molecule has 1 aliphatic carbocycles. The third kappa shape index (κ3) is 4.09. The van der Waals surface area contributed by atoms with E-state index in [1.807, 2.05) is 0 Å². The van der Waals surface area contributed by atoms with Gasteiger partial charge in [-0.1, -0.05) is 0 Å². The Morgan fingerprint density at radius 2 is 2.04 bits per heavy atom. The number of aromatic hydroxyl groups is 1. The first-order valence-corrected chi connectivity index (χ1v) is 7.77. The lowest BCUT2D eigenvalue weighted by Gasteiger charge is -2.29. The van der Waals surface area contributed by atoms with Crippen LogP contribution in [0.4, 0.5) is 0 Å². The zero-order valence-electron chi connectivity index (χ0n) is 12.9. The van der Waals surface area contributed by atoms with E-state index >= 15 is 0 Å². The van der Waals surface area contributed by atoms with Gasteiger partial charge in [-0.3, -0.25) is 19.6 Å². The molecule has 2 aromatic heterocycles. The highest BCUT2D eigenvalue weighted by Gasteiger charge is 2.24. The molecule has 0 aliphatic heterocycles. The number of H-pyrrole nitrogens is 1. The highest BCUT2D eigenvalue weighted by Crippen LogP contribution is 2.22. The molecule has 0 bridgehead atoms. The Morgan fingerprint density at radius 1 is 1.25 bits per heavy atom. The number of carbonyl (C=O) groups excluding carboxylic acids is 1. The van der Waals surface area contributed by atoms with Gasteiger partial charge in [0.25, 0.3) is 11.5 Å². The molecule has 8 heteroatoms. The first-order chi connectivity index (χ1) is 11.6. The lowest BCUT2D eigenvalue weighted by molar-refractivity contribution is 0.0889. The third-order valence-corrected chi connectivity index (χ3v) is 3.93. The Kier molecular flexibility index (Phi) is 4.74. The van der Waals surface area contributed by atoms with Gasteiger partial charge in [0.05, 0.1) is 11.8 Å². The first kappa shape index (κ1) is 16.0. The van der Waals surface area contributed by atoms with Gasteiger partial charge in [0.1, 0.15) is 6.10 Å². The SMILES string of the molecule is O=C(NC1CCC(Oc2cnccn2)CC1)c1cc(O)[nH]c(=O)c1. The Balaban J connectivity index is 1.51. The fourth-order valence-corrected chi connectivity index (χ4v) is 2.77. The van der Waals surface area contributed by atoms with E-state index in [-0.39, 0.29) is 29.5 Å². The number of ether oxygens (including phenoxy) is 1. The zero-order valence-corrected chi connectivity index (χ0v) is 12.9. The van der Waals surface area contributed by atoms with Crippen LogP contribution in [0.2, 0.25) is 0 Å². The number of aromatic nitrogens is 3. The summed E-state index contributed by atoms with van der Waals surface area (Å²) in [7, 11) is 0. The van der Waals surface area contributed by atoms with Gasteiger partial charge >= 0.3 is 0 Å². The maximum Gasteiger partial charge on any atom is 0.251 e. The standard InChI is InChI=1S/C16H18N4O4/c21-13-7-10(8-14(22)20-13)16(23)19-11-1-3-12(4-2-11)24-15-9-17-5-6-18-15/h5-9,11-12H,1-4H2,(H,19,23)(H2,20,21,22). The molecule has 0 atom stereocenters. The minimum absolute atomic E-state index is 0.0145. The highest BCUT2D eigenvalue weighted by molar-refractivity contribution is 5.94. The van der Waals surface area contributed by atoms with Crippen molar-refractivity contribution in [2.45, 2.75) is 37.8 Å². The van der Waals surface area contributed by atoms with Crippen molar-refractivity contribution in [3.8, 4) is 11.8 Å². The van der Waals surface area contributed by atoms with Gasteiger partial charge in [-0.15, -0.1) is 0 Å². The lowest BCUT2D eigenvalue weighted by Crippen LogP contribution is -2.40. The van der Waals surface area contributed by atoms with E-state index in [0.29, 0.717) is 5.88 Å². The Labute approximate surface area is 137 Å². The predicted molar refractivity (Wildman–Crippen MR) is 84.9 cm³/mol. The quantitative estimate of drug-likeness (QED) is 0.769. The van der Waals surface area contributed by atoms with E-state index in [0.717, 1.165) is 31.7 Å². The van der Waals surface area contributed by atoms with E-state index in [1.54, 1.807) is 18.6 Å². The molecule has 2 aromatic rings. The Bertz CT molecular complexity index is 754. The van der Waals surface area contributed by atoms with Crippen LogP contribution < -0.4 is 15.6 Å². The molecular weight excluding hydrogens is 312 g/mol. The summed E-state index contributed by atoms with van der Waals surface area (Å²) in [5.41, 5.74) is -0.365. The Hall–Kier alpha value is -2.90. The summed E-state index contributed by atoms with van der Waals surface area (Å²) >= 11 is 0. The molecule has 1 fully saturated rings. The third-order valence-electron chi connectivity index (χ3n) is 3.93. The summed E-state index contributed by atoms with van der Waals surface area (Å²) in [5.74, 6) is -0.188. The number of hydrogen-bond acceptors (Lipinski definition) is 6. The van der Waals surface area contributed by atoms with Crippen molar-refractivity contribution < 1.29 is 14.6 Å². The molecule has 3 rings (SSSR count).